The highest BCUT2D eigenvalue weighted by atomic mass is 35.5. The summed E-state index contributed by atoms with van der Waals surface area (Å²) in [4.78, 5) is 0. The van der Waals surface area contributed by atoms with E-state index in [9.17, 15) is 0 Å². The molecule has 0 bridgehead atoms. The zero-order valence-corrected chi connectivity index (χ0v) is 8.19. The number of rotatable bonds is 4. The molecular formula is C9H18ClN. The molecule has 0 atom stereocenters. The fourth-order valence-electron chi connectivity index (χ4n) is 1.29. The Bertz CT molecular complexity index is 108. The van der Waals surface area contributed by atoms with Gasteiger partial charge in [-0.25, -0.2) is 0 Å². The summed E-state index contributed by atoms with van der Waals surface area (Å²) < 4.78 is 0. The third-order valence-electron chi connectivity index (χ3n) is 2.24. The van der Waals surface area contributed by atoms with Gasteiger partial charge in [0.25, 0.3) is 0 Å². The first-order valence-corrected chi connectivity index (χ1v) is 4.99. The second-order valence-corrected chi connectivity index (χ2v) is 4.52. The Morgan fingerprint density at radius 2 is 2.09 bits per heavy atom. The molecule has 0 aromatic rings. The van der Waals surface area contributed by atoms with E-state index < -0.39 is 0 Å². The van der Waals surface area contributed by atoms with Crippen LogP contribution in [0.4, 0.5) is 0 Å². The maximum Gasteiger partial charge on any atom is 0.0365 e. The summed E-state index contributed by atoms with van der Waals surface area (Å²) in [6.07, 6.45) is 3.61. The zero-order chi connectivity index (χ0) is 8.27. The number of hydrogen-bond acceptors (Lipinski definition) is 1. The van der Waals surface area contributed by atoms with E-state index in [0.29, 0.717) is 5.38 Å². The highest BCUT2D eigenvalue weighted by molar-refractivity contribution is 6.21. The van der Waals surface area contributed by atoms with Gasteiger partial charge >= 0.3 is 0 Å². The summed E-state index contributed by atoms with van der Waals surface area (Å²) in [7, 11) is 0. The molecule has 1 aliphatic carbocycles. The molecule has 1 nitrogen and oxygen atoms in total. The van der Waals surface area contributed by atoms with Crippen LogP contribution in [0.5, 0.6) is 0 Å². The molecule has 1 aliphatic rings. The van der Waals surface area contributed by atoms with Crippen molar-refractivity contribution in [3.63, 3.8) is 0 Å². The highest BCUT2D eigenvalue weighted by Crippen LogP contribution is 2.25. The molecule has 0 radical (unpaired) electrons. The zero-order valence-electron chi connectivity index (χ0n) is 7.44. The highest BCUT2D eigenvalue weighted by Gasteiger charge is 2.26. The van der Waals surface area contributed by atoms with Gasteiger partial charge in [0, 0.05) is 11.4 Å². The number of alkyl halides is 1. The van der Waals surface area contributed by atoms with Crippen LogP contribution in [0.25, 0.3) is 0 Å². The number of hydrogen-bond donors (Lipinski definition) is 1. The molecule has 0 aromatic heterocycles. The van der Waals surface area contributed by atoms with Gasteiger partial charge in [-0.1, -0.05) is 13.8 Å². The molecule has 0 aromatic carbocycles. The lowest BCUT2D eigenvalue weighted by molar-refractivity contribution is 0.338. The van der Waals surface area contributed by atoms with E-state index in [1.54, 1.807) is 0 Å². The third-order valence-corrected chi connectivity index (χ3v) is 2.59. The minimum atomic E-state index is 0.451. The molecule has 0 unspecified atom stereocenters. The molecule has 0 amide bonds. The standard InChI is InChI=1S/C9H18ClN/c1-7(2)3-4-11-9-5-8(10)6-9/h7-9,11H,3-6H2,1-2H3. The van der Waals surface area contributed by atoms with Crippen LogP contribution in [0.3, 0.4) is 0 Å². The Morgan fingerprint density at radius 1 is 1.45 bits per heavy atom. The van der Waals surface area contributed by atoms with Gasteiger partial charge in [-0.05, 0) is 31.7 Å². The van der Waals surface area contributed by atoms with Gasteiger partial charge in [0.15, 0.2) is 0 Å². The van der Waals surface area contributed by atoms with E-state index in [4.69, 9.17) is 11.6 Å². The van der Waals surface area contributed by atoms with Crippen LogP contribution in [0.1, 0.15) is 33.1 Å². The first-order valence-electron chi connectivity index (χ1n) is 4.56. The Kier molecular flexibility index (Phi) is 3.67. The van der Waals surface area contributed by atoms with Crippen LogP contribution in [0.2, 0.25) is 0 Å². The van der Waals surface area contributed by atoms with Crippen molar-refractivity contribution in [2.45, 2.75) is 44.5 Å². The van der Waals surface area contributed by atoms with E-state index in [1.807, 2.05) is 0 Å². The van der Waals surface area contributed by atoms with Crippen LogP contribution >= 0.6 is 11.6 Å². The minimum Gasteiger partial charge on any atom is -0.314 e. The third kappa shape index (κ3) is 3.44. The number of nitrogens with one attached hydrogen (secondary N) is 1. The molecule has 0 aliphatic heterocycles. The summed E-state index contributed by atoms with van der Waals surface area (Å²) in [5.74, 6) is 0.814. The van der Waals surface area contributed by atoms with Crippen molar-refractivity contribution in [2.75, 3.05) is 6.54 Å². The monoisotopic (exact) mass is 175 g/mol. The van der Waals surface area contributed by atoms with E-state index in [0.717, 1.165) is 18.5 Å². The molecule has 0 saturated heterocycles. The second-order valence-electron chi connectivity index (χ2n) is 3.90. The lowest BCUT2D eigenvalue weighted by Gasteiger charge is -2.31. The predicted octanol–water partition coefficient (Wildman–Crippen LogP) is 2.39. The summed E-state index contributed by atoms with van der Waals surface area (Å²) in [5.41, 5.74) is 0. The smallest absolute Gasteiger partial charge is 0.0365 e. The van der Waals surface area contributed by atoms with Crippen LogP contribution in [-0.4, -0.2) is 18.0 Å². The van der Waals surface area contributed by atoms with Gasteiger partial charge in [0.05, 0.1) is 0 Å². The summed E-state index contributed by atoms with van der Waals surface area (Å²) in [6.45, 7) is 5.67. The quantitative estimate of drug-likeness (QED) is 0.648. The normalized spacial score (nSPS) is 30.5. The molecule has 1 saturated carbocycles. The largest absolute Gasteiger partial charge is 0.314 e. The Labute approximate surface area is 74.5 Å². The van der Waals surface area contributed by atoms with Crippen LogP contribution in [0.15, 0.2) is 0 Å². The van der Waals surface area contributed by atoms with Crippen LogP contribution in [-0.2, 0) is 0 Å². The molecule has 0 spiro atoms. The summed E-state index contributed by atoms with van der Waals surface area (Å²) in [5, 5.41) is 3.95. The first kappa shape index (κ1) is 9.34. The fraction of sp³-hybridized carbons (Fsp3) is 1.00. The average molecular weight is 176 g/mol. The van der Waals surface area contributed by atoms with Crippen LogP contribution < -0.4 is 5.32 Å². The van der Waals surface area contributed by atoms with Crippen molar-refractivity contribution >= 4 is 11.6 Å². The van der Waals surface area contributed by atoms with Gasteiger partial charge in [-0.2, -0.15) is 0 Å². The van der Waals surface area contributed by atoms with Crippen molar-refractivity contribution in [3.8, 4) is 0 Å². The Morgan fingerprint density at radius 3 is 2.55 bits per heavy atom. The molecule has 66 valence electrons. The lowest BCUT2D eigenvalue weighted by atomic mass is 9.92. The van der Waals surface area contributed by atoms with E-state index in [1.165, 1.54) is 19.3 Å². The van der Waals surface area contributed by atoms with E-state index in [-0.39, 0.29) is 0 Å². The van der Waals surface area contributed by atoms with Crippen molar-refractivity contribution in [2.24, 2.45) is 5.92 Å². The molecule has 1 N–H and O–H groups in total. The molecule has 0 heterocycles. The fourth-order valence-corrected chi connectivity index (χ4v) is 1.72. The van der Waals surface area contributed by atoms with Gasteiger partial charge in [-0.15, -0.1) is 11.6 Å². The lowest BCUT2D eigenvalue weighted by Crippen LogP contribution is -2.42. The van der Waals surface area contributed by atoms with Gasteiger partial charge in [-0.3, -0.25) is 0 Å². The van der Waals surface area contributed by atoms with Gasteiger partial charge < -0.3 is 5.32 Å². The Balaban J connectivity index is 1.89. The summed E-state index contributed by atoms with van der Waals surface area (Å²) in [6, 6.07) is 0.719. The molecule has 1 fully saturated rings. The second kappa shape index (κ2) is 4.32. The van der Waals surface area contributed by atoms with Crippen LogP contribution in [0, 0.1) is 5.92 Å². The van der Waals surface area contributed by atoms with Gasteiger partial charge in [0.1, 0.15) is 0 Å². The molecule has 11 heavy (non-hydrogen) atoms. The molecular weight excluding hydrogens is 158 g/mol. The van der Waals surface area contributed by atoms with E-state index in [2.05, 4.69) is 19.2 Å². The van der Waals surface area contributed by atoms with E-state index >= 15 is 0 Å². The maximum atomic E-state index is 5.85. The molecule has 2 heteroatoms. The summed E-state index contributed by atoms with van der Waals surface area (Å²) >= 11 is 5.85. The minimum absolute atomic E-state index is 0.451. The Hall–Kier alpha value is 0.250. The van der Waals surface area contributed by atoms with Gasteiger partial charge in [0.2, 0.25) is 0 Å². The van der Waals surface area contributed by atoms with Crippen molar-refractivity contribution in [1.29, 1.82) is 0 Å². The van der Waals surface area contributed by atoms with Crippen molar-refractivity contribution in [3.05, 3.63) is 0 Å². The van der Waals surface area contributed by atoms with Crippen molar-refractivity contribution < 1.29 is 0 Å². The average Bonchev–Trinajstić information content (AvgIpc) is 1.83. The topological polar surface area (TPSA) is 12.0 Å². The predicted molar refractivity (Wildman–Crippen MR) is 50.1 cm³/mol. The van der Waals surface area contributed by atoms with Crippen molar-refractivity contribution in [1.82, 2.24) is 5.32 Å². The first-order chi connectivity index (χ1) is 5.18. The SMILES string of the molecule is CC(C)CCNC1CC(Cl)C1. The molecule has 1 rings (SSSR count). The maximum absolute atomic E-state index is 5.85. The number of halogens is 1.